The van der Waals surface area contributed by atoms with Crippen LogP contribution in [0.15, 0.2) is 45.2 Å². The summed E-state index contributed by atoms with van der Waals surface area (Å²) in [5.74, 6) is 0.0280. The average molecular weight is 506 g/mol. The Kier molecular flexibility index (Phi) is 7.68. The van der Waals surface area contributed by atoms with Crippen molar-refractivity contribution < 1.29 is 4.39 Å². The molecule has 0 amide bonds. The number of fused-ring (bicyclic) bond motifs is 1. The molecule has 0 atom stereocenters. The van der Waals surface area contributed by atoms with Crippen molar-refractivity contribution in [1.29, 1.82) is 0 Å². The lowest BCUT2D eigenvalue weighted by Gasteiger charge is -2.14. The second-order valence-electron chi connectivity index (χ2n) is 8.42. The third-order valence-electron chi connectivity index (χ3n) is 5.94. The standard InChI is InChI=1S/C24H26Cl2FN5O2/c1-2-3-4-10-31-22-17(12-21(26)29-22)23(33)32(24(31)34)11-6-7-16-13-28-30(14-16)15-18-19(25)8-5-9-20(18)27/h5,8-9,13-14H,2-4,6-7,10-12,15H2,1H3. The fourth-order valence-electron chi connectivity index (χ4n) is 4.15. The molecule has 1 aliphatic heterocycles. The number of hydrogen-bond acceptors (Lipinski definition) is 4. The van der Waals surface area contributed by atoms with E-state index in [0.29, 0.717) is 46.5 Å². The van der Waals surface area contributed by atoms with Crippen molar-refractivity contribution in [2.45, 2.75) is 65.1 Å². The Balaban J connectivity index is 1.47. The normalized spacial score (nSPS) is 12.8. The molecule has 0 saturated carbocycles. The molecule has 10 heteroatoms. The van der Waals surface area contributed by atoms with Crippen LogP contribution in [0.1, 0.15) is 49.3 Å². The maximum Gasteiger partial charge on any atom is 0.332 e. The molecule has 3 heterocycles. The van der Waals surface area contributed by atoms with Crippen LogP contribution in [0.3, 0.4) is 0 Å². The van der Waals surface area contributed by atoms with Crippen LogP contribution in [-0.4, -0.2) is 24.1 Å². The van der Waals surface area contributed by atoms with Crippen LogP contribution < -0.4 is 11.2 Å². The van der Waals surface area contributed by atoms with Gasteiger partial charge in [-0.1, -0.05) is 49.0 Å². The van der Waals surface area contributed by atoms with Crippen LogP contribution in [0.4, 0.5) is 10.2 Å². The minimum absolute atomic E-state index is 0.221. The maximum absolute atomic E-state index is 14.1. The van der Waals surface area contributed by atoms with Crippen LogP contribution >= 0.6 is 23.2 Å². The molecule has 1 aromatic carbocycles. The molecule has 7 nitrogen and oxygen atoms in total. The zero-order valence-electron chi connectivity index (χ0n) is 18.9. The first-order valence-electron chi connectivity index (χ1n) is 11.4. The van der Waals surface area contributed by atoms with E-state index in [-0.39, 0.29) is 36.6 Å². The number of hydrogen-bond donors (Lipinski definition) is 0. The van der Waals surface area contributed by atoms with E-state index >= 15 is 0 Å². The summed E-state index contributed by atoms with van der Waals surface area (Å²) in [7, 11) is 0. The van der Waals surface area contributed by atoms with Crippen LogP contribution in [0.25, 0.3) is 0 Å². The third kappa shape index (κ3) is 5.18. The number of halogens is 3. The minimum Gasteiger partial charge on any atom is -0.278 e. The molecule has 1 aliphatic rings. The zero-order chi connectivity index (χ0) is 24.2. The second-order valence-corrected chi connectivity index (χ2v) is 9.26. The smallest absolute Gasteiger partial charge is 0.278 e. The first-order valence-corrected chi connectivity index (χ1v) is 12.2. The van der Waals surface area contributed by atoms with E-state index in [1.807, 2.05) is 6.20 Å². The number of rotatable bonds is 10. The molecule has 0 aliphatic carbocycles. The molecule has 0 N–H and O–H groups in total. The van der Waals surface area contributed by atoms with Gasteiger partial charge in [0.25, 0.3) is 5.56 Å². The van der Waals surface area contributed by atoms with Crippen molar-refractivity contribution >= 4 is 34.2 Å². The van der Waals surface area contributed by atoms with Gasteiger partial charge < -0.3 is 0 Å². The van der Waals surface area contributed by atoms with Crippen molar-refractivity contribution in [1.82, 2.24) is 18.9 Å². The van der Waals surface area contributed by atoms with Gasteiger partial charge in [-0.2, -0.15) is 5.10 Å². The highest BCUT2D eigenvalue weighted by molar-refractivity contribution is 6.66. The van der Waals surface area contributed by atoms with Crippen LogP contribution in [0, 0.1) is 5.82 Å². The first-order chi connectivity index (χ1) is 16.4. The molecule has 0 spiro atoms. The van der Waals surface area contributed by atoms with Crippen molar-refractivity contribution in [2.24, 2.45) is 4.99 Å². The maximum atomic E-state index is 14.1. The molecule has 0 radical (unpaired) electrons. The molecule has 0 fully saturated rings. The molecule has 3 aromatic rings. The Bertz CT molecular complexity index is 1320. The predicted molar refractivity (Wildman–Crippen MR) is 132 cm³/mol. The summed E-state index contributed by atoms with van der Waals surface area (Å²) in [6.07, 6.45) is 7.82. The van der Waals surface area contributed by atoms with Gasteiger partial charge in [-0.15, -0.1) is 0 Å². The summed E-state index contributed by atoms with van der Waals surface area (Å²) in [5, 5.41) is 4.98. The van der Waals surface area contributed by atoms with Crippen molar-refractivity contribution in [3.05, 3.63) is 79.0 Å². The first kappa shape index (κ1) is 24.4. The lowest BCUT2D eigenvalue weighted by molar-refractivity contribution is 0.513. The van der Waals surface area contributed by atoms with Gasteiger partial charge in [-0.25, -0.2) is 14.2 Å². The SMILES string of the molecule is CCCCCn1c2c(c(=O)n(CCCc3cnn(Cc4c(F)cccc4Cl)c3)c1=O)CC(Cl)=N2. The van der Waals surface area contributed by atoms with E-state index in [4.69, 9.17) is 23.2 Å². The fourth-order valence-corrected chi connectivity index (χ4v) is 4.59. The highest BCUT2D eigenvalue weighted by Gasteiger charge is 2.24. The summed E-state index contributed by atoms with van der Waals surface area (Å²) in [6, 6.07) is 4.58. The van der Waals surface area contributed by atoms with Crippen LogP contribution in [-0.2, 0) is 32.5 Å². The summed E-state index contributed by atoms with van der Waals surface area (Å²) in [6.45, 7) is 3.10. The zero-order valence-corrected chi connectivity index (χ0v) is 20.4. The van der Waals surface area contributed by atoms with E-state index in [1.165, 1.54) is 10.6 Å². The van der Waals surface area contributed by atoms with Gasteiger partial charge in [0, 0.05) is 36.3 Å². The molecule has 180 valence electrons. The Morgan fingerprint density at radius 3 is 2.65 bits per heavy atom. The van der Waals surface area contributed by atoms with E-state index in [1.54, 1.807) is 27.6 Å². The van der Waals surface area contributed by atoms with E-state index in [0.717, 1.165) is 24.8 Å². The number of aliphatic imine (C=N–C) groups is 1. The third-order valence-corrected chi connectivity index (χ3v) is 6.51. The number of unbranched alkanes of at least 4 members (excludes halogenated alkanes) is 2. The van der Waals surface area contributed by atoms with E-state index in [9.17, 15) is 14.0 Å². The van der Waals surface area contributed by atoms with Gasteiger partial charge in [0.2, 0.25) is 0 Å². The van der Waals surface area contributed by atoms with Gasteiger partial charge in [0.1, 0.15) is 16.8 Å². The Morgan fingerprint density at radius 1 is 1.09 bits per heavy atom. The van der Waals surface area contributed by atoms with E-state index < -0.39 is 0 Å². The molecule has 34 heavy (non-hydrogen) atoms. The van der Waals surface area contributed by atoms with Gasteiger partial charge in [0.05, 0.1) is 18.3 Å². The number of nitrogens with zero attached hydrogens (tertiary/aromatic N) is 5. The molecular weight excluding hydrogens is 480 g/mol. The topological polar surface area (TPSA) is 74.2 Å². The van der Waals surface area contributed by atoms with Crippen LogP contribution in [0.5, 0.6) is 0 Å². The highest BCUT2D eigenvalue weighted by Crippen LogP contribution is 2.24. The van der Waals surface area contributed by atoms with Gasteiger partial charge >= 0.3 is 5.69 Å². The quantitative estimate of drug-likeness (QED) is 0.375. The second kappa shape index (κ2) is 10.7. The average Bonchev–Trinajstić information content (AvgIpc) is 3.42. The van der Waals surface area contributed by atoms with Gasteiger partial charge in [-0.3, -0.25) is 18.6 Å². The minimum atomic E-state index is -0.375. The predicted octanol–water partition coefficient (Wildman–Crippen LogP) is 4.70. The number of aryl methyl sites for hydroxylation is 1. The Hall–Kier alpha value is -2.71. The summed E-state index contributed by atoms with van der Waals surface area (Å²) in [4.78, 5) is 30.3. The Morgan fingerprint density at radius 2 is 1.88 bits per heavy atom. The summed E-state index contributed by atoms with van der Waals surface area (Å²) < 4.78 is 18.6. The number of aromatic nitrogens is 4. The largest absolute Gasteiger partial charge is 0.332 e. The molecular formula is C24H26Cl2FN5O2. The molecule has 0 unspecified atom stereocenters. The lowest BCUT2D eigenvalue weighted by atomic mass is 10.2. The van der Waals surface area contributed by atoms with E-state index in [2.05, 4.69) is 17.0 Å². The molecule has 2 aromatic heterocycles. The van der Waals surface area contributed by atoms with Gasteiger partial charge in [-0.05, 0) is 37.0 Å². The lowest BCUT2D eigenvalue weighted by Crippen LogP contribution is -2.41. The van der Waals surface area contributed by atoms with Gasteiger partial charge in [0.15, 0.2) is 0 Å². The molecule has 0 bridgehead atoms. The monoisotopic (exact) mass is 505 g/mol. The fraction of sp³-hybridized carbons (Fsp3) is 0.417. The number of benzene rings is 1. The van der Waals surface area contributed by atoms with Crippen molar-refractivity contribution in [3.63, 3.8) is 0 Å². The highest BCUT2D eigenvalue weighted by atomic mass is 35.5. The summed E-state index contributed by atoms with van der Waals surface area (Å²) >= 11 is 12.2. The molecule has 0 saturated heterocycles. The van der Waals surface area contributed by atoms with Crippen LogP contribution in [0.2, 0.25) is 5.02 Å². The van der Waals surface area contributed by atoms with Crippen molar-refractivity contribution in [3.8, 4) is 0 Å². The Labute approximate surface area is 206 Å². The molecule has 4 rings (SSSR count). The van der Waals surface area contributed by atoms with Crippen molar-refractivity contribution in [2.75, 3.05) is 0 Å². The summed E-state index contributed by atoms with van der Waals surface area (Å²) in [5.41, 5.74) is 1.12.